The van der Waals surface area contributed by atoms with Crippen LogP contribution in [0.3, 0.4) is 0 Å². The molecule has 8 nitrogen and oxygen atoms in total. The molecular formula is C31H36N6O2. The molecule has 2 fully saturated rings. The first-order valence-electron chi connectivity index (χ1n) is 14.1. The van der Waals surface area contributed by atoms with Crippen molar-refractivity contribution in [3.8, 4) is 11.1 Å². The molecule has 1 saturated carbocycles. The van der Waals surface area contributed by atoms with E-state index in [0.717, 1.165) is 55.6 Å². The summed E-state index contributed by atoms with van der Waals surface area (Å²) in [5, 5.41) is 2.84. The fourth-order valence-corrected chi connectivity index (χ4v) is 6.43. The Labute approximate surface area is 229 Å². The lowest BCUT2D eigenvalue weighted by Gasteiger charge is -2.42. The number of anilines is 1. The number of carbonyl (C=O) groups is 2. The number of aromatic nitrogens is 2. The molecule has 39 heavy (non-hydrogen) atoms. The van der Waals surface area contributed by atoms with Gasteiger partial charge in [0.15, 0.2) is 0 Å². The number of pyridine rings is 1. The molecule has 202 valence electrons. The maximum Gasteiger partial charge on any atom is 0.256 e. The molecule has 2 unspecified atom stereocenters. The summed E-state index contributed by atoms with van der Waals surface area (Å²) in [5.74, 6) is 1.67. The second-order valence-corrected chi connectivity index (χ2v) is 11.1. The van der Waals surface area contributed by atoms with Gasteiger partial charge in [0.25, 0.3) is 5.91 Å². The summed E-state index contributed by atoms with van der Waals surface area (Å²) < 4.78 is 2.35. The van der Waals surface area contributed by atoms with Crippen LogP contribution in [-0.4, -0.2) is 51.2 Å². The van der Waals surface area contributed by atoms with E-state index >= 15 is 0 Å². The Balaban J connectivity index is 1.32. The number of rotatable bonds is 5. The maximum atomic E-state index is 13.3. The highest BCUT2D eigenvalue weighted by atomic mass is 16.2. The van der Waals surface area contributed by atoms with Crippen molar-refractivity contribution in [3.63, 3.8) is 0 Å². The van der Waals surface area contributed by atoms with Crippen LogP contribution in [0.25, 0.3) is 11.1 Å². The predicted molar refractivity (Wildman–Crippen MR) is 153 cm³/mol. The molecule has 0 radical (unpaired) electrons. The van der Waals surface area contributed by atoms with E-state index in [-0.39, 0.29) is 23.8 Å². The van der Waals surface area contributed by atoms with Crippen molar-refractivity contribution in [2.75, 3.05) is 18.4 Å². The molecule has 1 aliphatic carbocycles. The van der Waals surface area contributed by atoms with Crippen LogP contribution in [0.2, 0.25) is 0 Å². The highest BCUT2D eigenvalue weighted by molar-refractivity contribution is 6.06. The first kappa shape index (κ1) is 25.3. The van der Waals surface area contributed by atoms with Gasteiger partial charge in [-0.3, -0.25) is 14.6 Å². The lowest BCUT2D eigenvalue weighted by atomic mass is 9.82. The zero-order valence-corrected chi connectivity index (χ0v) is 22.7. The zero-order valence-electron chi connectivity index (χ0n) is 22.7. The number of hydrogen-bond acceptors (Lipinski definition) is 5. The molecule has 6 rings (SSSR count). The van der Waals surface area contributed by atoms with Crippen LogP contribution < -0.4 is 11.1 Å². The number of nitrogens with two attached hydrogens (primary N) is 1. The van der Waals surface area contributed by atoms with Crippen molar-refractivity contribution in [1.29, 1.82) is 0 Å². The Morgan fingerprint density at radius 2 is 1.85 bits per heavy atom. The van der Waals surface area contributed by atoms with Crippen LogP contribution in [0.4, 0.5) is 5.82 Å². The minimum absolute atomic E-state index is 0.204. The lowest BCUT2D eigenvalue weighted by Crippen LogP contribution is -2.49. The molecule has 4 heterocycles. The number of aliphatic imine (C=N–C) groups is 1. The van der Waals surface area contributed by atoms with Crippen LogP contribution in [0, 0.1) is 12.8 Å². The smallest absolute Gasteiger partial charge is 0.256 e. The normalized spacial score (nSPS) is 21.1. The number of benzene rings is 1. The summed E-state index contributed by atoms with van der Waals surface area (Å²) in [4.78, 5) is 37.0. The monoisotopic (exact) mass is 524 g/mol. The molecule has 3 aliphatic rings. The fraction of sp³-hybridized carbons (Fsp3) is 0.419. The van der Waals surface area contributed by atoms with Gasteiger partial charge in [-0.1, -0.05) is 24.6 Å². The number of nitrogens with zero attached hydrogens (tertiary/aromatic N) is 4. The maximum absolute atomic E-state index is 13.3. The molecule has 2 aliphatic heterocycles. The van der Waals surface area contributed by atoms with E-state index in [2.05, 4.69) is 38.6 Å². The van der Waals surface area contributed by atoms with Gasteiger partial charge in [-0.05, 0) is 74.9 Å². The van der Waals surface area contributed by atoms with Crippen molar-refractivity contribution in [1.82, 2.24) is 14.5 Å². The van der Waals surface area contributed by atoms with Crippen molar-refractivity contribution in [2.24, 2.45) is 16.6 Å². The molecule has 8 heteroatoms. The number of amidine groups is 1. The SMILES string of the molecule is Cc1c(-c2ccc(C(=O)Nc3ccccn3)cc2)c2n(c1C1CCC(C)N(C(=O)C3CCC3)C1)CCN=C2N. The summed E-state index contributed by atoms with van der Waals surface area (Å²) in [6, 6.07) is 13.3. The average molecular weight is 525 g/mol. The molecule has 0 spiro atoms. The van der Waals surface area contributed by atoms with Gasteiger partial charge in [0.1, 0.15) is 11.7 Å². The molecule has 3 aromatic rings. The molecular weight excluding hydrogens is 488 g/mol. The summed E-state index contributed by atoms with van der Waals surface area (Å²) in [5.41, 5.74) is 12.6. The first-order chi connectivity index (χ1) is 18.9. The number of amides is 2. The Hall–Kier alpha value is -3.94. The van der Waals surface area contributed by atoms with Crippen molar-refractivity contribution < 1.29 is 9.59 Å². The molecule has 0 bridgehead atoms. The van der Waals surface area contributed by atoms with E-state index in [1.54, 1.807) is 12.3 Å². The second-order valence-electron chi connectivity index (χ2n) is 11.1. The van der Waals surface area contributed by atoms with Crippen LogP contribution in [-0.2, 0) is 11.3 Å². The van der Waals surface area contributed by atoms with Crippen LogP contribution >= 0.6 is 0 Å². The highest BCUT2D eigenvalue weighted by Crippen LogP contribution is 2.41. The molecule has 2 atom stereocenters. The second kappa shape index (κ2) is 10.3. The van der Waals surface area contributed by atoms with Crippen LogP contribution in [0.15, 0.2) is 53.7 Å². The molecule has 1 saturated heterocycles. The number of hydrogen-bond donors (Lipinski definition) is 2. The van der Waals surface area contributed by atoms with Gasteiger partial charge in [0.05, 0.1) is 12.2 Å². The minimum Gasteiger partial charge on any atom is -0.382 e. The van der Waals surface area contributed by atoms with Crippen molar-refractivity contribution in [3.05, 3.63) is 71.2 Å². The Bertz CT molecular complexity index is 1420. The number of likely N-dealkylation sites (tertiary alicyclic amines) is 1. The summed E-state index contributed by atoms with van der Waals surface area (Å²) in [7, 11) is 0. The Kier molecular flexibility index (Phi) is 6.71. The zero-order chi connectivity index (χ0) is 27.1. The van der Waals surface area contributed by atoms with Gasteiger partial charge in [0.2, 0.25) is 5.91 Å². The van der Waals surface area contributed by atoms with Crippen molar-refractivity contribution in [2.45, 2.75) is 64.5 Å². The van der Waals surface area contributed by atoms with Crippen molar-refractivity contribution >= 4 is 23.5 Å². The quantitative estimate of drug-likeness (QED) is 0.504. The lowest BCUT2D eigenvalue weighted by molar-refractivity contribution is -0.142. The van der Waals surface area contributed by atoms with E-state index in [1.807, 2.05) is 36.4 Å². The topological polar surface area (TPSA) is 106 Å². The van der Waals surface area contributed by atoms with E-state index in [9.17, 15) is 9.59 Å². The van der Waals surface area contributed by atoms with E-state index < -0.39 is 0 Å². The average Bonchev–Trinajstić information content (AvgIpc) is 3.21. The molecule has 2 aromatic heterocycles. The third-order valence-corrected chi connectivity index (χ3v) is 8.75. The summed E-state index contributed by atoms with van der Waals surface area (Å²) in [6.45, 7) is 6.54. The van der Waals surface area contributed by atoms with E-state index in [4.69, 9.17) is 5.73 Å². The van der Waals surface area contributed by atoms with Gasteiger partial charge in [-0.25, -0.2) is 4.98 Å². The number of carbonyl (C=O) groups excluding carboxylic acids is 2. The van der Waals surface area contributed by atoms with Crippen LogP contribution in [0.5, 0.6) is 0 Å². The third kappa shape index (κ3) is 4.62. The van der Waals surface area contributed by atoms with Gasteiger partial charge < -0.3 is 20.5 Å². The fourth-order valence-electron chi connectivity index (χ4n) is 6.43. The molecule has 2 amide bonds. The Morgan fingerprint density at radius 1 is 1.05 bits per heavy atom. The third-order valence-electron chi connectivity index (χ3n) is 8.75. The van der Waals surface area contributed by atoms with Gasteiger partial charge in [-0.15, -0.1) is 0 Å². The Morgan fingerprint density at radius 3 is 2.54 bits per heavy atom. The molecule has 3 N–H and O–H groups in total. The summed E-state index contributed by atoms with van der Waals surface area (Å²) in [6.07, 6.45) is 6.92. The van der Waals surface area contributed by atoms with Crippen LogP contribution in [0.1, 0.15) is 72.3 Å². The standard InChI is InChI=1S/C31H36N6O2/c1-19-9-10-24(18-37(19)31(39)23-6-5-7-23)27-20(2)26(28-29(32)34-16-17-36(27)28)21-11-13-22(14-12-21)30(38)35-25-8-3-4-15-33-25/h3-4,8,11-15,19,23-24H,5-7,9-10,16-18H2,1-2H3,(H2,32,34)(H,33,35,38). The largest absolute Gasteiger partial charge is 0.382 e. The number of piperidine rings is 1. The first-order valence-corrected chi connectivity index (χ1v) is 14.1. The highest BCUT2D eigenvalue weighted by Gasteiger charge is 2.38. The van der Waals surface area contributed by atoms with Gasteiger partial charge in [0, 0.05) is 54.0 Å². The van der Waals surface area contributed by atoms with Gasteiger partial charge in [-0.2, -0.15) is 0 Å². The van der Waals surface area contributed by atoms with E-state index in [0.29, 0.717) is 29.7 Å². The number of fused-ring (bicyclic) bond motifs is 1. The minimum atomic E-state index is -0.204. The molecule has 1 aromatic carbocycles. The number of nitrogens with one attached hydrogen (secondary N) is 1. The van der Waals surface area contributed by atoms with E-state index in [1.165, 1.54) is 17.7 Å². The predicted octanol–water partition coefficient (Wildman–Crippen LogP) is 4.72. The van der Waals surface area contributed by atoms with Gasteiger partial charge >= 0.3 is 0 Å². The summed E-state index contributed by atoms with van der Waals surface area (Å²) >= 11 is 0.